The van der Waals surface area contributed by atoms with Crippen LogP contribution in [0.1, 0.15) is 12.8 Å². The first-order chi connectivity index (χ1) is 5.86. The summed E-state index contributed by atoms with van der Waals surface area (Å²) in [6.07, 6.45) is 5.81. The molecule has 0 amide bonds. The molecule has 0 atom stereocenters. The van der Waals surface area contributed by atoms with Crippen molar-refractivity contribution in [3.05, 3.63) is 17.5 Å². The van der Waals surface area contributed by atoms with Gasteiger partial charge in [-0.2, -0.15) is 0 Å². The molecule has 0 radical (unpaired) electrons. The van der Waals surface area contributed by atoms with Gasteiger partial charge in [0.05, 0.1) is 12.4 Å². The van der Waals surface area contributed by atoms with Gasteiger partial charge in [-0.15, -0.1) is 0 Å². The van der Waals surface area contributed by atoms with Crippen LogP contribution in [0.25, 0.3) is 0 Å². The topological polar surface area (TPSA) is 29.0 Å². The molecule has 0 aliphatic carbocycles. The zero-order valence-corrected chi connectivity index (χ0v) is 7.46. The molecule has 0 aromatic carbocycles. The summed E-state index contributed by atoms with van der Waals surface area (Å²) in [5, 5.41) is 0.472. The second kappa shape index (κ2) is 3.27. The minimum Gasteiger partial charge on any atom is -0.355 e. The summed E-state index contributed by atoms with van der Waals surface area (Å²) in [7, 11) is 0. The fourth-order valence-corrected chi connectivity index (χ4v) is 1.57. The molecule has 1 aromatic heterocycles. The lowest BCUT2D eigenvalue weighted by Gasteiger charge is -2.14. The Morgan fingerprint density at radius 3 is 2.67 bits per heavy atom. The van der Waals surface area contributed by atoms with Gasteiger partial charge >= 0.3 is 0 Å². The third-order valence-electron chi connectivity index (χ3n) is 2.02. The Hall–Kier alpha value is -0.830. The van der Waals surface area contributed by atoms with Crippen molar-refractivity contribution in [2.45, 2.75) is 12.8 Å². The maximum atomic E-state index is 5.72. The highest BCUT2D eigenvalue weighted by atomic mass is 35.5. The van der Waals surface area contributed by atoms with E-state index in [1.807, 2.05) is 0 Å². The fraction of sp³-hybridized carbons (Fsp3) is 0.500. The first-order valence-electron chi connectivity index (χ1n) is 4.09. The lowest BCUT2D eigenvalue weighted by atomic mass is 10.4. The molecule has 12 heavy (non-hydrogen) atoms. The van der Waals surface area contributed by atoms with Crippen LogP contribution in [-0.2, 0) is 0 Å². The van der Waals surface area contributed by atoms with E-state index >= 15 is 0 Å². The number of hydrogen-bond donors (Lipinski definition) is 0. The van der Waals surface area contributed by atoms with Gasteiger partial charge in [0.15, 0.2) is 0 Å². The maximum Gasteiger partial charge on any atom is 0.149 e. The maximum absolute atomic E-state index is 5.72. The van der Waals surface area contributed by atoms with Crippen molar-refractivity contribution in [2.24, 2.45) is 0 Å². The second-order valence-corrected chi connectivity index (χ2v) is 3.28. The Kier molecular flexibility index (Phi) is 2.13. The number of rotatable bonds is 1. The van der Waals surface area contributed by atoms with Crippen LogP contribution in [0.4, 0.5) is 5.82 Å². The number of hydrogen-bond acceptors (Lipinski definition) is 3. The highest BCUT2D eigenvalue weighted by Crippen LogP contribution is 2.17. The van der Waals surface area contributed by atoms with Gasteiger partial charge in [0.2, 0.25) is 0 Å². The van der Waals surface area contributed by atoms with Crippen molar-refractivity contribution in [1.29, 1.82) is 0 Å². The van der Waals surface area contributed by atoms with Gasteiger partial charge in [0.1, 0.15) is 11.0 Å². The molecular formula is C8H10ClN3. The monoisotopic (exact) mass is 183 g/mol. The highest BCUT2D eigenvalue weighted by molar-refractivity contribution is 6.29. The van der Waals surface area contributed by atoms with Crippen molar-refractivity contribution in [3.8, 4) is 0 Å². The van der Waals surface area contributed by atoms with Gasteiger partial charge in [0.25, 0.3) is 0 Å². The van der Waals surface area contributed by atoms with E-state index in [-0.39, 0.29) is 0 Å². The summed E-state index contributed by atoms with van der Waals surface area (Å²) < 4.78 is 0. The summed E-state index contributed by atoms with van der Waals surface area (Å²) in [5.74, 6) is 0.903. The SMILES string of the molecule is Clc1cncc(N2CCCC2)n1. The van der Waals surface area contributed by atoms with E-state index in [9.17, 15) is 0 Å². The lowest BCUT2D eigenvalue weighted by molar-refractivity contribution is 0.927. The van der Waals surface area contributed by atoms with Crippen molar-refractivity contribution >= 4 is 17.4 Å². The minimum atomic E-state index is 0.472. The van der Waals surface area contributed by atoms with Gasteiger partial charge in [-0.25, -0.2) is 4.98 Å². The Labute approximate surface area is 76.4 Å². The summed E-state index contributed by atoms with van der Waals surface area (Å²) in [4.78, 5) is 10.4. The Morgan fingerprint density at radius 2 is 2.00 bits per heavy atom. The zero-order chi connectivity index (χ0) is 8.39. The average Bonchev–Trinajstić information content (AvgIpc) is 2.56. The summed E-state index contributed by atoms with van der Waals surface area (Å²) in [6, 6.07) is 0. The molecule has 64 valence electrons. The highest BCUT2D eigenvalue weighted by Gasteiger charge is 2.13. The van der Waals surface area contributed by atoms with Crippen LogP contribution in [0.5, 0.6) is 0 Å². The van der Waals surface area contributed by atoms with Crippen LogP contribution in [0.3, 0.4) is 0 Å². The molecule has 1 aliphatic heterocycles. The Balaban J connectivity index is 2.21. The molecule has 0 saturated carbocycles. The van der Waals surface area contributed by atoms with Crippen LogP contribution in [-0.4, -0.2) is 23.1 Å². The average molecular weight is 184 g/mol. The molecule has 0 bridgehead atoms. The van der Waals surface area contributed by atoms with Crippen LogP contribution >= 0.6 is 11.6 Å². The lowest BCUT2D eigenvalue weighted by Crippen LogP contribution is -2.18. The van der Waals surface area contributed by atoms with Crippen molar-refractivity contribution < 1.29 is 0 Å². The number of nitrogens with zero attached hydrogens (tertiary/aromatic N) is 3. The van der Waals surface area contributed by atoms with E-state index in [0.29, 0.717) is 5.15 Å². The predicted octanol–water partition coefficient (Wildman–Crippen LogP) is 1.73. The van der Waals surface area contributed by atoms with Gasteiger partial charge in [-0.3, -0.25) is 4.98 Å². The number of aromatic nitrogens is 2. The summed E-state index contributed by atoms with van der Waals surface area (Å²) >= 11 is 5.72. The molecule has 0 N–H and O–H groups in total. The van der Waals surface area contributed by atoms with E-state index in [2.05, 4.69) is 14.9 Å². The first kappa shape index (κ1) is 7.80. The minimum absolute atomic E-state index is 0.472. The zero-order valence-electron chi connectivity index (χ0n) is 6.70. The van der Waals surface area contributed by atoms with Gasteiger partial charge in [0, 0.05) is 13.1 Å². The van der Waals surface area contributed by atoms with Crippen molar-refractivity contribution in [1.82, 2.24) is 9.97 Å². The largest absolute Gasteiger partial charge is 0.355 e. The van der Waals surface area contributed by atoms with E-state index in [1.54, 1.807) is 12.4 Å². The molecule has 1 aliphatic rings. The quantitative estimate of drug-likeness (QED) is 0.664. The third-order valence-corrected chi connectivity index (χ3v) is 2.20. The van der Waals surface area contributed by atoms with Crippen LogP contribution in [0, 0.1) is 0 Å². The smallest absolute Gasteiger partial charge is 0.149 e. The predicted molar refractivity (Wildman–Crippen MR) is 48.5 cm³/mol. The van der Waals surface area contributed by atoms with Gasteiger partial charge < -0.3 is 4.90 Å². The molecule has 0 unspecified atom stereocenters. The summed E-state index contributed by atoms with van der Waals surface area (Å²) in [6.45, 7) is 2.16. The fourth-order valence-electron chi connectivity index (χ4n) is 1.43. The first-order valence-corrected chi connectivity index (χ1v) is 4.46. The van der Waals surface area contributed by atoms with Gasteiger partial charge in [-0.05, 0) is 12.8 Å². The van der Waals surface area contributed by atoms with Crippen molar-refractivity contribution in [2.75, 3.05) is 18.0 Å². The second-order valence-electron chi connectivity index (χ2n) is 2.89. The van der Waals surface area contributed by atoms with Gasteiger partial charge in [-0.1, -0.05) is 11.6 Å². The van der Waals surface area contributed by atoms with Crippen molar-refractivity contribution in [3.63, 3.8) is 0 Å². The molecule has 1 saturated heterocycles. The Bertz CT molecular complexity index is 271. The Morgan fingerprint density at radius 1 is 1.25 bits per heavy atom. The molecule has 4 heteroatoms. The number of halogens is 1. The molecule has 1 aromatic rings. The molecule has 2 heterocycles. The van der Waals surface area contributed by atoms with E-state index in [4.69, 9.17) is 11.6 Å². The van der Waals surface area contributed by atoms with Crippen LogP contribution in [0.15, 0.2) is 12.4 Å². The molecular weight excluding hydrogens is 174 g/mol. The third kappa shape index (κ3) is 1.50. The normalized spacial score (nSPS) is 16.9. The van der Waals surface area contributed by atoms with E-state index < -0.39 is 0 Å². The number of anilines is 1. The van der Waals surface area contributed by atoms with Crippen LogP contribution < -0.4 is 4.90 Å². The molecule has 0 spiro atoms. The standard InChI is InChI=1S/C8H10ClN3/c9-7-5-10-6-8(11-7)12-3-1-2-4-12/h5-6H,1-4H2. The van der Waals surface area contributed by atoms with Crippen LogP contribution in [0.2, 0.25) is 5.15 Å². The van der Waals surface area contributed by atoms with E-state index in [0.717, 1.165) is 18.9 Å². The summed E-state index contributed by atoms with van der Waals surface area (Å²) in [5.41, 5.74) is 0. The molecule has 2 rings (SSSR count). The molecule has 3 nitrogen and oxygen atoms in total. The molecule has 1 fully saturated rings. The van der Waals surface area contributed by atoms with E-state index in [1.165, 1.54) is 12.8 Å².